The molecule has 0 spiro atoms. The predicted octanol–water partition coefficient (Wildman–Crippen LogP) is 0.429. The number of hydrogen-bond donors (Lipinski definition) is 2. The number of hydrogen-bond acceptors (Lipinski definition) is 3. The molecule has 1 saturated carbocycles. The van der Waals surface area contributed by atoms with Gasteiger partial charge in [-0.3, -0.25) is 11.3 Å². The van der Waals surface area contributed by atoms with E-state index in [1.54, 1.807) is 13.2 Å². The summed E-state index contributed by atoms with van der Waals surface area (Å²) in [4.78, 5) is 0. The van der Waals surface area contributed by atoms with Gasteiger partial charge in [-0.2, -0.15) is 0 Å². The highest BCUT2D eigenvalue weighted by molar-refractivity contribution is 4.97. The molecule has 2 atom stereocenters. The third kappa shape index (κ3) is 2.02. The van der Waals surface area contributed by atoms with Crippen molar-refractivity contribution in [3.8, 4) is 0 Å². The summed E-state index contributed by atoms with van der Waals surface area (Å²) in [5, 5.41) is 0. The van der Waals surface area contributed by atoms with Crippen LogP contribution < -0.4 is 11.3 Å². The van der Waals surface area contributed by atoms with Crippen molar-refractivity contribution in [3.63, 3.8) is 0 Å². The SMILES string of the molecule is C=CC(NN)C(OC)C1CC1. The number of nitrogens with two attached hydrogens (primary N) is 1. The van der Waals surface area contributed by atoms with Crippen LogP contribution in [0.25, 0.3) is 0 Å². The van der Waals surface area contributed by atoms with Gasteiger partial charge in [-0.05, 0) is 18.8 Å². The fourth-order valence-corrected chi connectivity index (χ4v) is 1.35. The Bertz CT molecular complexity index is 134. The molecule has 0 aromatic heterocycles. The molecule has 1 rings (SSSR count). The lowest BCUT2D eigenvalue weighted by molar-refractivity contribution is 0.0645. The standard InChI is InChI=1S/C8H16N2O/c1-3-7(10-9)8(11-2)6-4-5-6/h3,6-8,10H,1,4-5,9H2,2H3. The number of ether oxygens (including phenoxy) is 1. The van der Waals surface area contributed by atoms with Crippen molar-refractivity contribution in [1.82, 2.24) is 5.43 Å². The molecule has 0 heterocycles. The van der Waals surface area contributed by atoms with Gasteiger partial charge in [0.1, 0.15) is 0 Å². The first-order valence-electron chi connectivity index (χ1n) is 3.95. The highest BCUT2D eigenvalue weighted by Crippen LogP contribution is 2.35. The normalized spacial score (nSPS) is 22.7. The third-order valence-electron chi connectivity index (χ3n) is 2.16. The first kappa shape index (κ1) is 8.71. The van der Waals surface area contributed by atoms with E-state index >= 15 is 0 Å². The zero-order chi connectivity index (χ0) is 8.27. The van der Waals surface area contributed by atoms with Crippen LogP contribution in [0.4, 0.5) is 0 Å². The van der Waals surface area contributed by atoms with Crippen LogP contribution in [-0.4, -0.2) is 19.3 Å². The lowest BCUT2D eigenvalue weighted by atomic mass is 10.1. The van der Waals surface area contributed by atoms with Crippen LogP contribution in [0.5, 0.6) is 0 Å². The summed E-state index contributed by atoms with van der Waals surface area (Å²) in [5.74, 6) is 6.00. The van der Waals surface area contributed by atoms with Crippen LogP contribution in [0, 0.1) is 5.92 Å². The molecule has 3 heteroatoms. The second kappa shape index (κ2) is 3.85. The largest absolute Gasteiger partial charge is 0.379 e. The van der Waals surface area contributed by atoms with E-state index in [2.05, 4.69) is 12.0 Å². The van der Waals surface area contributed by atoms with Crippen molar-refractivity contribution in [2.75, 3.05) is 7.11 Å². The van der Waals surface area contributed by atoms with Gasteiger partial charge in [0.05, 0.1) is 12.1 Å². The fourth-order valence-electron chi connectivity index (χ4n) is 1.35. The van der Waals surface area contributed by atoms with Crippen LogP contribution in [0.15, 0.2) is 12.7 Å². The van der Waals surface area contributed by atoms with Gasteiger partial charge < -0.3 is 4.74 Å². The van der Waals surface area contributed by atoms with Crippen molar-refractivity contribution < 1.29 is 4.74 Å². The summed E-state index contributed by atoms with van der Waals surface area (Å²) in [5.41, 5.74) is 2.68. The van der Waals surface area contributed by atoms with Gasteiger partial charge in [-0.1, -0.05) is 6.08 Å². The van der Waals surface area contributed by atoms with E-state index in [4.69, 9.17) is 10.6 Å². The van der Waals surface area contributed by atoms with E-state index in [0.717, 1.165) is 0 Å². The molecular weight excluding hydrogens is 140 g/mol. The van der Waals surface area contributed by atoms with Crippen molar-refractivity contribution in [2.24, 2.45) is 11.8 Å². The number of hydrazine groups is 1. The molecule has 0 radical (unpaired) electrons. The topological polar surface area (TPSA) is 47.3 Å². The van der Waals surface area contributed by atoms with Gasteiger partial charge in [0.15, 0.2) is 0 Å². The second-order valence-corrected chi connectivity index (χ2v) is 2.97. The molecule has 0 aliphatic heterocycles. The Morgan fingerprint density at radius 2 is 2.36 bits per heavy atom. The lowest BCUT2D eigenvalue weighted by Crippen LogP contribution is -2.44. The summed E-state index contributed by atoms with van der Waals surface area (Å²) in [6.45, 7) is 3.69. The van der Waals surface area contributed by atoms with Gasteiger partial charge in [0, 0.05) is 7.11 Å². The van der Waals surface area contributed by atoms with Crippen LogP contribution in [-0.2, 0) is 4.74 Å². The maximum absolute atomic E-state index is 5.32. The van der Waals surface area contributed by atoms with Crippen molar-refractivity contribution in [1.29, 1.82) is 0 Å². The molecule has 3 N–H and O–H groups in total. The molecule has 2 unspecified atom stereocenters. The van der Waals surface area contributed by atoms with Gasteiger partial charge >= 0.3 is 0 Å². The minimum atomic E-state index is 0.0903. The maximum Gasteiger partial charge on any atom is 0.0800 e. The second-order valence-electron chi connectivity index (χ2n) is 2.97. The van der Waals surface area contributed by atoms with E-state index in [9.17, 15) is 0 Å². The number of rotatable bonds is 5. The lowest BCUT2D eigenvalue weighted by Gasteiger charge is -2.21. The summed E-state index contributed by atoms with van der Waals surface area (Å²) < 4.78 is 5.30. The monoisotopic (exact) mass is 156 g/mol. The minimum Gasteiger partial charge on any atom is -0.379 e. The summed E-state index contributed by atoms with van der Waals surface area (Å²) >= 11 is 0. The summed E-state index contributed by atoms with van der Waals surface area (Å²) in [6.07, 6.45) is 4.51. The minimum absolute atomic E-state index is 0.0903. The average Bonchev–Trinajstić information content (AvgIpc) is 2.82. The highest BCUT2D eigenvalue weighted by Gasteiger charge is 2.35. The van der Waals surface area contributed by atoms with E-state index < -0.39 is 0 Å². The molecular formula is C8H16N2O. The molecule has 11 heavy (non-hydrogen) atoms. The Kier molecular flexibility index (Phi) is 3.05. The van der Waals surface area contributed by atoms with Crippen molar-refractivity contribution in [3.05, 3.63) is 12.7 Å². The molecule has 3 nitrogen and oxygen atoms in total. The quantitative estimate of drug-likeness (QED) is 0.345. The first-order valence-corrected chi connectivity index (χ1v) is 3.95. The van der Waals surface area contributed by atoms with Crippen LogP contribution in [0.3, 0.4) is 0 Å². The Morgan fingerprint density at radius 1 is 1.73 bits per heavy atom. The van der Waals surface area contributed by atoms with Gasteiger partial charge in [-0.25, -0.2) is 0 Å². The Balaban J connectivity index is 2.43. The molecule has 0 bridgehead atoms. The molecule has 0 aromatic carbocycles. The predicted molar refractivity (Wildman–Crippen MR) is 44.8 cm³/mol. The van der Waals surface area contributed by atoms with Gasteiger partial charge in [-0.15, -0.1) is 6.58 Å². The fraction of sp³-hybridized carbons (Fsp3) is 0.750. The Labute approximate surface area is 67.6 Å². The Morgan fingerprint density at radius 3 is 2.64 bits per heavy atom. The molecule has 0 aromatic rings. The highest BCUT2D eigenvalue weighted by atomic mass is 16.5. The zero-order valence-corrected chi connectivity index (χ0v) is 6.92. The molecule has 1 aliphatic carbocycles. The van der Waals surface area contributed by atoms with Crippen molar-refractivity contribution in [2.45, 2.75) is 25.0 Å². The van der Waals surface area contributed by atoms with E-state index in [1.165, 1.54) is 12.8 Å². The first-order chi connectivity index (χ1) is 5.33. The average molecular weight is 156 g/mol. The zero-order valence-electron chi connectivity index (χ0n) is 6.92. The van der Waals surface area contributed by atoms with Crippen molar-refractivity contribution >= 4 is 0 Å². The van der Waals surface area contributed by atoms with Crippen LogP contribution >= 0.6 is 0 Å². The van der Waals surface area contributed by atoms with Crippen LogP contribution in [0.2, 0.25) is 0 Å². The van der Waals surface area contributed by atoms with Crippen LogP contribution in [0.1, 0.15) is 12.8 Å². The van der Waals surface area contributed by atoms with E-state index in [0.29, 0.717) is 5.92 Å². The van der Waals surface area contributed by atoms with E-state index in [1.807, 2.05) is 0 Å². The molecule has 1 aliphatic rings. The Hall–Kier alpha value is -0.380. The molecule has 1 fully saturated rings. The van der Waals surface area contributed by atoms with Gasteiger partial charge in [0.25, 0.3) is 0 Å². The third-order valence-corrected chi connectivity index (χ3v) is 2.16. The summed E-state index contributed by atoms with van der Waals surface area (Å²) in [6, 6.07) is 0.0903. The molecule has 0 saturated heterocycles. The summed E-state index contributed by atoms with van der Waals surface area (Å²) in [7, 11) is 1.72. The smallest absolute Gasteiger partial charge is 0.0800 e. The number of nitrogens with one attached hydrogen (secondary N) is 1. The number of methoxy groups -OCH3 is 1. The van der Waals surface area contributed by atoms with E-state index in [-0.39, 0.29) is 12.1 Å². The molecule has 0 amide bonds. The van der Waals surface area contributed by atoms with Gasteiger partial charge in [0.2, 0.25) is 0 Å². The molecule has 64 valence electrons. The maximum atomic E-state index is 5.32.